The molecular weight excluding hydrogens is 254 g/mol. The molecule has 2 aromatic carbocycles. The number of benzene rings is 2. The van der Waals surface area contributed by atoms with Gasteiger partial charge in [0.1, 0.15) is 0 Å². The van der Waals surface area contributed by atoms with Crippen molar-refractivity contribution in [1.82, 2.24) is 0 Å². The van der Waals surface area contributed by atoms with Crippen LogP contribution in [0.25, 0.3) is 10.8 Å². The molecule has 0 heterocycles. The van der Waals surface area contributed by atoms with E-state index in [2.05, 4.69) is 0 Å². The minimum Gasteiger partial charge on any atom is -0.289 e. The fourth-order valence-corrected chi connectivity index (χ4v) is 2.02. The molecule has 0 N–H and O–H groups in total. The molecule has 0 spiro atoms. The van der Waals surface area contributed by atoms with Crippen LogP contribution in [0, 0.1) is 0 Å². The van der Waals surface area contributed by atoms with Gasteiger partial charge in [0.05, 0.1) is 0 Å². The van der Waals surface area contributed by atoms with Gasteiger partial charge in [-0.2, -0.15) is 0 Å². The van der Waals surface area contributed by atoms with Crippen LogP contribution in [0.3, 0.4) is 0 Å². The fourth-order valence-electron chi connectivity index (χ4n) is 1.54. The number of halogens is 3. The predicted molar refractivity (Wildman–Crippen MR) is 63.3 cm³/mol. The maximum atomic E-state index is 11.7. The third-order valence-corrected chi connectivity index (χ3v) is 2.78. The molecule has 4 heteroatoms. The van der Waals surface area contributed by atoms with Crippen LogP contribution in [-0.4, -0.2) is 0 Å². The van der Waals surface area contributed by atoms with E-state index < -0.39 is 3.79 Å². The zero-order valence-electron chi connectivity index (χ0n) is 7.51. The van der Waals surface area contributed by atoms with Crippen LogP contribution in [0.2, 0.25) is 0 Å². The van der Waals surface area contributed by atoms with E-state index in [9.17, 15) is 5.11 Å². The van der Waals surface area contributed by atoms with E-state index in [0.717, 1.165) is 5.39 Å². The molecule has 77 valence electrons. The molecule has 0 aliphatic rings. The van der Waals surface area contributed by atoms with Gasteiger partial charge in [0, 0.05) is 10.9 Å². The van der Waals surface area contributed by atoms with E-state index in [0.29, 0.717) is 10.9 Å². The highest BCUT2D eigenvalue weighted by atomic mass is 35.6. The number of rotatable bonds is 0. The van der Waals surface area contributed by atoms with Crippen molar-refractivity contribution in [2.24, 2.45) is 0 Å². The first-order valence-corrected chi connectivity index (χ1v) is 5.39. The Morgan fingerprint density at radius 2 is 1.53 bits per heavy atom. The van der Waals surface area contributed by atoms with Gasteiger partial charge in [-0.15, -0.1) is 0 Å². The first-order valence-electron chi connectivity index (χ1n) is 4.26. The van der Waals surface area contributed by atoms with Crippen LogP contribution in [0.1, 0.15) is 5.56 Å². The second-order valence-electron chi connectivity index (χ2n) is 3.16. The first-order chi connectivity index (χ1) is 7.00. The standard InChI is InChI=1S/C11H6Cl3O/c12-11(13,14)8-5-1-3-7-4-2-6-9(15)10(7)8/h1-6H. The van der Waals surface area contributed by atoms with E-state index in [4.69, 9.17) is 34.8 Å². The Morgan fingerprint density at radius 1 is 0.933 bits per heavy atom. The third-order valence-electron chi connectivity index (χ3n) is 2.17. The zero-order chi connectivity index (χ0) is 11.1. The summed E-state index contributed by atoms with van der Waals surface area (Å²) in [5.74, 6) is -0.130. The summed E-state index contributed by atoms with van der Waals surface area (Å²) in [6.07, 6.45) is 0. The van der Waals surface area contributed by atoms with Crippen molar-refractivity contribution in [3.8, 4) is 5.75 Å². The molecule has 0 aromatic heterocycles. The van der Waals surface area contributed by atoms with Gasteiger partial charge >= 0.3 is 0 Å². The average Bonchev–Trinajstić information content (AvgIpc) is 2.16. The molecule has 0 amide bonds. The van der Waals surface area contributed by atoms with Gasteiger partial charge in [-0.3, -0.25) is 5.11 Å². The van der Waals surface area contributed by atoms with E-state index >= 15 is 0 Å². The monoisotopic (exact) mass is 259 g/mol. The van der Waals surface area contributed by atoms with Crippen molar-refractivity contribution in [3.63, 3.8) is 0 Å². The summed E-state index contributed by atoms with van der Waals surface area (Å²) in [6.45, 7) is 0. The summed E-state index contributed by atoms with van der Waals surface area (Å²) < 4.78 is -1.57. The number of alkyl halides is 3. The quantitative estimate of drug-likeness (QED) is 0.606. The van der Waals surface area contributed by atoms with Gasteiger partial charge in [-0.1, -0.05) is 65.1 Å². The van der Waals surface area contributed by atoms with Crippen LogP contribution >= 0.6 is 34.8 Å². The van der Waals surface area contributed by atoms with Gasteiger partial charge in [0.2, 0.25) is 3.79 Å². The topological polar surface area (TPSA) is 19.9 Å². The molecule has 15 heavy (non-hydrogen) atoms. The van der Waals surface area contributed by atoms with E-state index in [-0.39, 0.29) is 5.75 Å². The SMILES string of the molecule is [O]c1cccc2cccc(C(Cl)(Cl)Cl)c12. The van der Waals surface area contributed by atoms with Crippen LogP contribution in [0.4, 0.5) is 0 Å². The summed E-state index contributed by atoms with van der Waals surface area (Å²) >= 11 is 17.4. The summed E-state index contributed by atoms with van der Waals surface area (Å²) in [7, 11) is 0. The lowest BCUT2D eigenvalue weighted by atomic mass is 10.0. The first kappa shape index (κ1) is 10.9. The van der Waals surface area contributed by atoms with Gasteiger partial charge in [-0.25, -0.2) is 0 Å². The maximum absolute atomic E-state index is 11.7. The minimum atomic E-state index is -1.57. The van der Waals surface area contributed by atoms with Gasteiger partial charge in [0.25, 0.3) is 0 Å². The Labute approximate surface area is 102 Å². The van der Waals surface area contributed by atoms with Crippen molar-refractivity contribution < 1.29 is 5.11 Å². The highest BCUT2D eigenvalue weighted by Crippen LogP contribution is 2.43. The van der Waals surface area contributed by atoms with Crippen LogP contribution in [-0.2, 0) is 8.90 Å². The van der Waals surface area contributed by atoms with Gasteiger partial charge in [-0.05, 0) is 11.5 Å². The lowest BCUT2D eigenvalue weighted by Gasteiger charge is -2.14. The Morgan fingerprint density at radius 3 is 2.13 bits per heavy atom. The number of hydrogen-bond donors (Lipinski definition) is 0. The molecule has 0 saturated carbocycles. The fraction of sp³-hybridized carbons (Fsp3) is 0.0909. The summed E-state index contributed by atoms with van der Waals surface area (Å²) in [6, 6.07) is 10.2. The van der Waals surface area contributed by atoms with E-state index in [1.807, 2.05) is 12.1 Å². The van der Waals surface area contributed by atoms with Crippen LogP contribution < -0.4 is 0 Å². The van der Waals surface area contributed by atoms with Crippen molar-refractivity contribution in [2.45, 2.75) is 3.79 Å². The molecule has 0 bridgehead atoms. The Kier molecular flexibility index (Phi) is 2.72. The highest BCUT2D eigenvalue weighted by molar-refractivity contribution is 6.67. The van der Waals surface area contributed by atoms with Crippen LogP contribution in [0.5, 0.6) is 5.75 Å². The smallest absolute Gasteiger partial charge is 0.216 e. The van der Waals surface area contributed by atoms with E-state index in [1.165, 1.54) is 6.07 Å². The Balaban J connectivity index is 2.86. The van der Waals surface area contributed by atoms with Gasteiger partial charge in [0.15, 0.2) is 5.75 Å². The molecule has 0 aliphatic carbocycles. The predicted octanol–water partition coefficient (Wildman–Crippen LogP) is 4.81. The van der Waals surface area contributed by atoms with Crippen molar-refractivity contribution in [1.29, 1.82) is 0 Å². The molecule has 1 nitrogen and oxygen atoms in total. The average molecular weight is 261 g/mol. The molecular formula is C11H6Cl3O. The molecule has 1 radical (unpaired) electrons. The highest BCUT2D eigenvalue weighted by Gasteiger charge is 2.26. The van der Waals surface area contributed by atoms with E-state index in [1.54, 1.807) is 18.2 Å². The second-order valence-corrected chi connectivity index (χ2v) is 5.44. The number of hydrogen-bond acceptors (Lipinski definition) is 0. The normalized spacial score (nSPS) is 11.9. The Bertz CT molecular complexity index is 497. The molecule has 0 atom stereocenters. The van der Waals surface area contributed by atoms with Gasteiger partial charge < -0.3 is 0 Å². The minimum absolute atomic E-state index is 0.130. The molecule has 2 aromatic rings. The number of fused-ring (bicyclic) bond motifs is 1. The molecule has 0 saturated heterocycles. The molecule has 0 fully saturated rings. The van der Waals surface area contributed by atoms with Crippen LogP contribution in [0.15, 0.2) is 36.4 Å². The lowest BCUT2D eigenvalue weighted by molar-refractivity contribution is 0.360. The summed E-state index contributed by atoms with van der Waals surface area (Å²) in [5, 5.41) is 12.9. The molecule has 0 unspecified atom stereocenters. The third kappa shape index (κ3) is 2.00. The van der Waals surface area contributed by atoms with Crippen molar-refractivity contribution in [3.05, 3.63) is 42.0 Å². The molecule has 0 aliphatic heterocycles. The summed E-state index contributed by atoms with van der Waals surface area (Å²) in [5.41, 5.74) is 0.426. The zero-order valence-corrected chi connectivity index (χ0v) is 9.77. The van der Waals surface area contributed by atoms with Crippen molar-refractivity contribution >= 4 is 45.6 Å². The Hall–Kier alpha value is -0.630. The lowest BCUT2D eigenvalue weighted by Crippen LogP contribution is -2.00. The largest absolute Gasteiger partial charge is 0.289 e. The van der Waals surface area contributed by atoms with Crippen molar-refractivity contribution in [2.75, 3.05) is 0 Å². The summed E-state index contributed by atoms with van der Waals surface area (Å²) in [4.78, 5) is 0. The molecule has 2 rings (SSSR count). The second kappa shape index (κ2) is 3.75. The maximum Gasteiger partial charge on any atom is 0.216 e.